The van der Waals surface area contributed by atoms with E-state index in [2.05, 4.69) is 4.98 Å². The lowest BCUT2D eigenvalue weighted by Gasteiger charge is -2.31. The fourth-order valence-corrected chi connectivity index (χ4v) is 5.70. The molecule has 1 aromatic heterocycles. The number of alkyl halides is 3. The summed E-state index contributed by atoms with van der Waals surface area (Å²) in [6.45, 7) is 3.87. The Hall–Kier alpha value is -3.66. The number of halogens is 4. The van der Waals surface area contributed by atoms with Crippen LogP contribution < -0.4 is 4.74 Å². The molecule has 0 radical (unpaired) electrons. The third kappa shape index (κ3) is 5.05. The van der Waals surface area contributed by atoms with Crippen molar-refractivity contribution in [1.29, 1.82) is 0 Å². The average molecular weight is 545 g/mol. The standard InChI is InChI=1S/C29H28F4N2O4/c1-17(2)39-24-9-8-21(35-13-12-34-27(35)29(31,32)33)14-23(24)19-15-28(38-16-19)11-10-22(26(36)37-3)25(28)18-4-6-20(30)7-5-18/h4-9,12-15,17,22,25H,10-11,16H2,1-3H3/t22?,25-,28-/m1/s1. The normalized spacial score (nSPS) is 22.9. The Balaban J connectivity index is 1.61. The number of hydrogen-bond donors (Lipinski definition) is 0. The molecule has 1 spiro atoms. The number of carbonyl (C=O) groups is 1. The van der Waals surface area contributed by atoms with Crippen LogP contribution in [0.2, 0.25) is 0 Å². The second-order valence-electron chi connectivity index (χ2n) is 10.1. The summed E-state index contributed by atoms with van der Waals surface area (Å²) in [4.78, 5) is 16.2. The van der Waals surface area contributed by atoms with Gasteiger partial charge in [-0.15, -0.1) is 0 Å². The molecule has 1 fully saturated rings. The van der Waals surface area contributed by atoms with Crippen LogP contribution >= 0.6 is 0 Å². The molecule has 0 saturated heterocycles. The number of ether oxygens (including phenoxy) is 3. The molecule has 0 amide bonds. The van der Waals surface area contributed by atoms with Crippen LogP contribution in [-0.2, 0) is 20.4 Å². The first kappa shape index (κ1) is 26.9. The van der Waals surface area contributed by atoms with E-state index in [9.17, 15) is 22.4 Å². The third-order valence-corrected chi connectivity index (χ3v) is 7.27. The molecule has 6 nitrogen and oxygen atoms in total. The summed E-state index contributed by atoms with van der Waals surface area (Å²) in [6, 6.07) is 10.8. The molecule has 5 rings (SSSR count). The van der Waals surface area contributed by atoms with Crippen LogP contribution in [0.3, 0.4) is 0 Å². The van der Waals surface area contributed by atoms with Gasteiger partial charge in [0.2, 0.25) is 5.82 Å². The van der Waals surface area contributed by atoms with Crippen LogP contribution in [0.15, 0.2) is 60.9 Å². The lowest BCUT2D eigenvalue weighted by Crippen LogP contribution is -2.34. The lowest BCUT2D eigenvalue weighted by atomic mass is 9.79. The first-order valence-corrected chi connectivity index (χ1v) is 12.6. The zero-order chi connectivity index (χ0) is 27.9. The van der Waals surface area contributed by atoms with Gasteiger partial charge in [-0.2, -0.15) is 13.2 Å². The predicted octanol–water partition coefficient (Wildman–Crippen LogP) is 6.34. The molecule has 3 atom stereocenters. The Morgan fingerprint density at radius 1 is 1.18 bits per heavy atom. The van der Waals surface area contributed by atoms with E-state index in [0.717, 1.165) is 21.9 Å². The first-order chi connectivity index (χ1) is 18.5. The Kier molecular flexibility index (Phi) is 7.00. The fourth-order valence-electron chi connectivity index (χ4n) is 5.70. The van der Waals surface area contributed by atoms with Crippen LogP contribution in [0.25, 0.3) is 11.3 Å². The van der Waals surface area contributed by atoms with Gasteiger partial charge in [-0.25, -0.2) is 9.37 Å². The van der Waals surface area contributed by atoms with Crippen molar-refractivity contribution in [2.45, 2.75) is 50.5 Å². The molecule has 2 aromatic carbocycles. The number of hydrogen-bond acceptors (Lipinski definition) is 5. The van der Waals surface area contributed by atoms with E-state index in [0.29, 0.717) is 24.2 Å². The minimum Gasteiger partial charge on any atom is -0.490 e. The van der Waals surface area contributed by atoms with Crippen molar-refractivity contribution in [1.82, 2.24) is 9.55 Å². The molecular weight excluding hydrogens is 516 g/mol. The summed E-state index contributed by atoms with van der Waals surface area (Å²) in [5.74, 6) is -2.26. The highest BCUT2D eigenvalue weighted by molar-refractivity contribution is 5.78. The van der Waals surface area contributed by atoms with Crippen molar-refractivity contribution in [2.75, 3.05) is 13.7 Å². The van der Waals surface area contributed by atoms with Crippen molar-refractivity contribution in [3.63, 3.8) is 0 Å². The molecule has 39 heavy (non-hydrogen) atoms. The zero-order valence-corrected chi connectivity index (χ0v) is 21.7. The van der Waals surface area contributed by atoms with E-state index in [-0.39, 0.29) is 24.4 Å². The molecule has 1 aliphatic heterocycles. The number of esters is 1. The highest BCUT2D eigenvalue weighted by Crippen LogP contribution is 2.54. The zero-order valence-electron chi connectivity index (χ0n) is 21.7. The van der Waals surface area contributed by atoms with E-state index >= 15 is 0 Å². The van der Waals surface area contributed by atoms with Crippen molar-refractivity contribution in [2.24, 2.45) is 5.92 Å². The van der Waals surface area contributed by atoms with Gasteiger partial charge in [0.05, 0.1) is 31.3 Å². The summed E-state index contributed by atoms with van der Waals surface area (Å²) >= 11 is 0. The van der Waals surface area contributed by atoms with Gasteiger partial charge in [0, 0.05) is 29.6 Å². The number of aromatic nitrogens is 2. The largest absolute Gasteiger partial charge is 0.490 e. The van der Waals surface area contributed by atoms with Gasteiger partial charge >= 0.3 is 12.1 Å². The first-order valence-electron chi connectivity index (χ1n) is 12.6. The molecule has 0 N–H and O–H groups in total. The minimum absolute atomic E-state index is 0.152. The summed E-state index contributed by atoms with van der Waals surface area (Å²) < 4.78 is 73.0. The molecule has 1 unspecified atom stereocenters. The van der Waals surface area contributed by atoms with Crippen LogP contribution in [0.4, 0.5) is 17.6 Å². The lowest BCUT2D eigenvalue weighted by molar-refractivity contribution is -0.147. The monoisotopic (exact) mass is 544 g/mol. The Morgan fingerprint density at radius 3 is 2.59 bits per heavy atom. The quantitative estimate of drug-likeness (QED) is 0.268. The van der Waals surface area contributed by atoms with E-state index in [1.54, 1.807) is 30.3 Å². The second kappa shape index (κ2) is 10.1. The SMILES string of the molecule is COC(=O)C1CC[C@@]2(C=C(c3cc(-n4ccnc4C(F)(F)F)ccc3OC(C)C)CO2)[C@@H]1c1ccc(F)cc1. The second-order valence-corrected chi connectivity index (χ2v) is 10.1. The summed E-state index contributed by atoms with van der Waals surface area (Å²) in [7, 11) is 1.33. The van der Waals surface area contributed by atoms with Gasteiger partial charge in [0.15, 0.2) is 0 Å². The molecule has 10 heteroatoms. The third-order valence-electron chi connectivity index (χ3n) is 7.27. The van der Waals surface area contributed by atoms with Crippen LogP contribution in [0.1, 0.15) is 49.6 Å². The number of benzene rings is 2. The smallest absolute Gasteiger partial charge is 0.450 e. The van der Waals surface area contributed by atoms with Gasteiger partial charge in [0.1, 0.15) is 11.6 Å². The number of rotatable bonds is 6. The van der Waals surface area contributed by atoms with Crippen molar-refractivity contribution >= 4 is 11.5 Å². The molecule has 1 aliphatic carbocycles. The van der Waals surface area contributed by atoms with E-state index < -0.39 is 35.3 Å². The van der Waals surface area contributed by atoms with Gasteiger partial charge < -0.3 is 14.2 Å². The minimum atomic E-state index is -4.63. The van der Waals surface area contributed by atoms with Crippen molar-refractivity contribution in [3.05, 3.63) is 83.7 Å². The maximum atomic E-state index is 13.7. The van der Waals surface area contributed by atoms with Gasteiger partial charge in [-0.1, -0.05) is 12.1 Å². The average Bonchev–Trinajstić information content (AvgIpc) is 3.63. The molecule has 0 bridgehead atoms. The van der Waals surface area contributed by atoms with E-state index in [1.807, 2.05) is 19.9 Å². The molecular formula is C29H28F4N2O4. The maximum absolute atomic E-state index is 13.7. The van der Waals surface area contributed by atoms with Crippen molar-refractivity contribution < 1.29 is 36.6 Å². The number of nitrogens with zero attached hydrogens (tertiary/aromatic N) is 2. The molecule has 2 aliphatic rings. The van der Waals surface area contributed by atoms with Gasteiger partial charge in [-0.3, -0.25) is 9.36 Å². The number of imidazole rings is 1. The number of methoxy groups -OCH3 is 1. The highest BCUT2D eigenvalue weighted by Gasteiger charge is 2.54. The highest BCUT2D eigenvalue weighted by atomic mass is 19.4. The summed E-state index contributed by atoms with van der Waals surface area (Å²) in [6.07, 6.45) is 0.491. The fraction of sp³-hybridized carbons (Fsp3) is 0.379. The molecule has 1 saturated carbocycles. The van der Waals surface area contributed by atoms with Crippen LogP contribution in [0.5, 0.6) is 5.75 Å². The number of carbonyl (C=O) groups excluding carboxylic acids is 1. The van der Waals surface area contributed by atoms with E-state index in [4.69, 9.17) is 14.2 Å². The van der Waals surface area contributed by atoms with Crippen LogP contribution in [0, 0.1) is 11.7 Å². The van der Waals surface area contributed by atoms with Crippen molar-refractivity contribution in [3.8, 4) is 11.4 Å². The Morgan fingerprint density at radius 2 is 1.92 bits per heavy atom. The molecule has 3 aromatic rings. The Labute approximate surface area is 223 Å². The van der Waals surface area contributed by atoms with Gasteiger partial charge in [-0.05, 0) is 74.2 Å². The molecule has 206 valence electrons. The van der Waals surface area contributed by atoms with Crippen LogP contribution in [-0.4, -0.2) is 40.9 Å². The summed E-state index contributed by atoms with van der Waals surface area (Å²) in [5.41, 5.74) is 1.42. The van der Waals surface area contributed by atoms with Gasteiger partial charge in [0.25, 0.3) is 0 Å². The topological polar surface area (TPSA) is 62.6 Å². The maximum Gasteiger partial charge on any atom is 0.450 e. The Bertz CT molecular complexity index is 1400. The van der Waals surface area contributed by atoms with E-state index in [1.165, 1.54) is 25.4 Å². The summed E-state index contributed by atoms with van der Waals surface area (Å²) in [5, 5.41) is 0. The predicted molar refractivity (Wildman–Crippen MR) is 135 cm³/mol. The molecule has 2 heterocycles.